The molecule has 0 spiro atoms. The van der Waals surface area contributed by atoms with Gasteiger partial charge in [-0.05, 0) is 31.0 Å². The van der Waals surface area contributed by atoms with Crippen LogP contribution in [0.15, 0.2) is 22.6 Å². The molecule has 3 rings (SSSR count). The Morgan fingerprint density at radius 1 is 1.17 bits per heavy atom. The first-order valence-electron chi connectivity index (χ1n) is 6.12. The van der Waals surface area contributed by atoms with E-state index in [1.807, 2.05) is 0 Å². The standard InChI is InChI=1S/C13H14FN3O/c14-10-5-9(6-11(15)7-10)13-17-16-12(18-13)8-3-1-2-4-8/h5-8H,1-4,15H2. The van der Waals surface area contributed by atoms with Gasteiger partial charge in [-0.25, -0.2) is 4.39 Å². The van der Waals surface area contributed by atoms with Crippen LogP contribution < -0.4 is 5.73 Å². The van der Waals surface area contributed by atoms with E-state index in [1.165, 1.54) is 25.0 Å². The summed E-state index contributed by atoms with van der Waals surface area (Å²) in [7, 11) is 0. The van der Waals surface area contributed by atoms with E-state index in [0.717, 1.165) is 12.8 Å². The van der Waals surface area contributed by atoms with Gasteiger partial charge < -0.3 is 10.2 Å². The molecule has 4 nitrogen and oxygen atoms in total. The van der Waals surface area contributed by atoms with Gasteiger partial charge in [0.25, 0.3) is 0 Å². The Kier molecular flexibility index (Phi) is 2.74. The minimum Gasteiger partial charge on any atom is -0.420 e. The average molecular weight is 247 g/mol. The monoisotopic (exact) mass is 247 g/mol. The number of nitrogens with two attached hydrogens (primary N) is 1. The lowest BCUT2D eigenvalue weighted by atomic mass is 10.1. The molecule has 0 aliphatic heterocycles. The van der Waals surface area contributed by atoms with E-state index in [-0.39, 0.29) is 0 Å². The number of nitrogen functional groups attached to an aromatic ring is 1. The maximum absolute atomic E-state index is 13.3. The summed E-state index contributed by atoms with van der Waals surface area (Å²) in [5.41, 5.74) is 6.48. The van der Waals surface area contributed by atoms with Gasteiger partial charge in [-0.2, -0.15) is 0 Å². The number of benzene rings is 1. The van der Waals surface area contributed by atoms with Crippen LogP contribution >= 0.6 is 0 Å². The lowest BCUT2D eigenvalue weighted by Crippen LogP contribution is -1.91. The van der Waals surface area contributed by atoms with Crippen molar-refractivity contribution in [1.82, 2.24) is 10.2 Å². The molecular formula is C13H14FN3O. The molecule has 1 saturated carbocycles. The molecule has 0 saturated heterocycles. The van der Waals surface area contributed by atoms with Crippen LogP contribution in [0.25, 0.3) is 11.5 Å². The van der Waals surface area contributed by atoms with Gasteiger partial charge in [-0.1, -0.05) is 12.8 Å². The Balaban J connectivity index is 1.92. The Bertz CT molecular complexity index is 541. The van der Waals surface area contributed by atoms with Gasteiger partial charge in [0.2, 0.25) is 11.8 Å². The van der Waals surface area contributed by atoms with Crippen LogP contribution in [0.5, 0.6) is 0 Å². The van der Waals surface area contributed by atoms with Gasteiger partial charge in [0.15, 0.2) is 0 Å². The van der Waals surface area contributed by atoms with Crippen LogP contribution in [0.2, 0.25) is 0 Å². The van der Waals surface area contributed by atoms with E-state index in [0.29, 0.717) is 29.0 Å². The molecule has 0 amide bonds. The molecule has 1 aliphatic rings. The predicted molar refractivity (Wildman–Crippen MR) is 65.3 cm³/mol. The molecule has 1 fully saturated rings. The van der Waals surface area contributed by atoms with Crippen molar-refractivity contribution in [3.8, 4) is 11.5 Å². The number of aromatic nitrogens is 2. The second-order valence-corrected chi connectivity index (χ2v) is 4.70. The zero-order valence-electron chi connectivity index (χ0n) is 9.90. The molecular weight excluding hydrogens is 233 g/mol. The second-order valence-electron chi connectivity index (χ2n) is 4.70. The third kappa shape index (κ3) is 2.08. The Morgan fingerprint density at radius 2 is 1.94 bits per heavy atom. The topological polar surface area (TPSA) is 64.9 Å². The van der Waals surface area contributed by atoms with E-state index < -0.39 is 5.82 Å². The van der Waals surface area contributed by atoms with Crippen molar-refractivity contribution in [2.45, 2.75) is 31.6 Å². The van der Waals surface area contributed by atoms with E-state index in [1.54, 1.807) is 6.07 Å². The molecule has 1 aromatic carbocycles. The highest BCUT2D eigenvalue weighted by atomic mass is 19.1. The van der Waals surface area contributed by atoms with E-state index in [9.17, 15) is 4.39 Å². The van der Waals surface area contributed by atoms with Gasteiger partial charge in [-0.3, -0.25) is 0 Å². The molecule has 0 atom stereocenters. The SMILES string of the molecule is Nc1cc(F)cc(-c2nnc(C3CCCC3)o2)c1. The van der Waals surface area contributed by atoms with Crippen LogP contribution in [0.4, 0.5) is 10.1 Å². The molecule has 0 radical (unpaired) electrons. The number of nitrogens with zero attached hydrogens (tertiary/aromatic N) is 2. The number of anilines is 1. The van der Waals surface area contributed by atoms with Crippen LogP contribution in [-0.2, 0) is 0 Å². The number of hydrogen-bond donors (Lipinski definition) is 1. The average Bonchev–Trinajstić information content (AvgIpc) is 2.99. The summed E-state index contributed by atoms with van der Waals surface area (Å²) in [4.78, 5) is 0. The van der Waals surface area contributed by atoms with Crippen molar-refractivity contribution >= 4 is 5.69 Å². The van der Waals surface area contributed by atoms with Crippen molar-refractivity contribution < 1.29 is 8.81 Å². The Morgan fingerprint density at radius 3 is 2.67 bits per heavy atom. The minimum atomic E-state index is -0.398. The van der Waals surface area contributed by atoms with Crippen molar-refractivity contribution in [2.24, 2.45) is 0 Å². The lowest BCUT2D eigenvalue weighted by molar-refractivity contribution is 0.457. The van der Waals surface area contributed by atoms with Crippen LogP contribution in [-0.4, -0.2) is 10.2 Å². The number of halogens is 1. The molecule has 1 aliphatic carbocycles. The van der Waals surface area contributed by atoms with E-state index in [2.05, 4.69) is 10.2 Å². The zero-order valence-corrected chi connectivity index (χ0v) is 9.90. The second kappa shape index (κ2) is 4.40. The first-order valence-corrected chi connectivity index (χ1v) is 6.12. The van der Waals surface area contributed by atoms with Crippen LogP contribution in [0.1, 0.15) is 37.5 Å². The van der Waals surface area contributed by atoms with Crippen LogP contribution in [0, 0.1) is 5.82 Å². The normalized spacial score (nSPS) is 16.3. The minimum absolute atomic E-state index is 0.336. The highest BCUT2D eigenvalue weighted by molar-refractivity contribution is 5.59. The van der Waals surface area contributed by atoms with Gasteiger partial charge in [-0.15, -0.1) is 10.2 Å². The first kappa shape index (κ1) is 11.2. The van der Waals surface area contributed by atoms with Gasteiger partial charge in [0.1, 0.15) is 5.82 Å². The quantitative estimate of drug-likeness (QED) is 0.828. The molecule has 1 heterocycles. The molecule has 2 aromatic rings. The number of hydrogen-bond acceptors (Lipinski definition) is 4. The fraction of sp³-hybridized carbons (Fsp3) is 0.385. The zero-order chi connectivity index (χ0) is 12.5. The summed E-state index contributed by atoms with van der Waals surface area (Å²) < 4.78 is 18.9. The lowest BCUT2D eigenvalue weighted by Gasteiger charge is -2.01. The van der Waals surface area contributed by atoms with Gasteiger partial charge in [0, 0.05) is 17.2 Å². The molecule has 1 aromatic heterocycles. The molecule has 2 N–H and O–H groups in total. The van der Waals surface area contributed by atoms with Crippen molar-refractivity contribution in [1.29, 1.82) is 0 Å². The third-order valence-electron chi connectivity index (χ3n) is 3.31. The fourth-order valence-corrected chi connectivity index (χ4v) is 2.42. The maximum Gasteiger partial charge on any atom is 0.247 e. The molecule has 94 valence electrons. The first-order chi connectivity index (χ1) is 8.72. The summed E-state index contributed by atoms with van der Waals surface area (Å²) in [6, 6.07) is 4.25. The summed E-state index contributed by atoms with van der Waals surface area (Å²) in [5, 5.41) is 8.03. The molecule has 5 heteroatoms. The van der Waals surface area contributed by atoms with Crippen molar-refractivity contribution in [3.05, 3.63) is 29.9 Å². The number of rotatable bonds is 2. The highest BCUT2D eigenvalue weighted by Crippen LogP contribution is 2.34. The van der Waals surface area contributed by atoms with Crippen LogP contribution in [0.3, 0.4) is 0 Å². The maximum atomic E-state index is 13.3. The molecule has 0 bridgehead atoms. The molecule has 0 unspecified atom stereocenters. The molecule has 18 heavy (non-hydrogen) atoms. The van der Waals surface area contributed by atoms with E-state index >= 15 is 0 Å². The summed E-state index contributed by atoms with van der Waals surface area (Å²) in [5.74, 6) is 0.955. The summed E-state index contributed by atoms with van der Waals surface area (Å²) in [6.07, 6.45) is 4.59. The summed E-state index contributed by atoms with van der Waals surface area (Å²) in [6.45, 7) is 0. The fourth-order valence-electron chi connectivity index (χ4n) is 2.42. The Labute approximate surface area is 104 Å². The highest BCUT2D eigenvalue weighted by Gasteiger charge is 2.23. The third-order valence-corrected chi connectivity index (χ3v) is 3.31. The van der Waals surface area contributed by atoms with E-state index in [4.69, 9.17) is 10.2 Å². The van der Waals surface area contributed by atoms with Gasteiger partial charge in [0.05, 0.1) is 0 Å². The summed E-state index contributed by atoms with van der Waals surface area (Å²) >= 11 is 0. The van der Waals surface area contributed by atoms with Crippen molar-refractivity contribution in [2.75, 3.05) is 5.73 Å². The van der Waals surface area contributed by atoms with Crippen molar-refractivity contribution in [3.63, 3.8) is 0 Å². The Hall–Kier alpha value is -1.91. The van der Waals surface area contributed by atoms with Gasteiger partial charge >= 0.3 is 0 Å². The smallest absolute Gasteiger partial charge is 0.247 e. The predicted octanol–water partition coefficient (Wildman–Crippen LogP) is 3.12. The largest absolute Gasteiger partial charge is 0.420 e.